The third kappa shape index (κ3) is 3.96. The molecule has 13 heteroatoms. The second kappa shape index (κ2) is 8.80. The first-order valence-corrected chi connectivity index (χ1v) is 12.5. The Labute approximate surface area is 213 Å². The van der Waals surface area contributed by atoms with E-state index in [1.54, 1.807) is 0 Å². The number of amides is 2. The topological polar surface area (TPSA) is 142 Å². The van der Waals surface area contributed by atoms with E-state index in [9.17, 15) is 14.7 Å². The molecule has 6 rings (SSSR count). The van der Waals surface area contributed by atoms with Gasteiger partial charge in [-0.3, -0.25) is 9.59 Å². The van der Waals surface area contributed by atoms with Gasteiger partial charge < -0.3 is 25.4 Å². The van der Waals surface area contributed by atoms with Crippen molar-refractivity contribution in [3.05, 3.63) is 40.3 Å². The summed E-state index contributed by atoms with van der Waals surface area (Å²) in [6.45, 7) is 3.13. The summed E-state index contributed by atoms with van der Waals surface area (Å²) < 4.78 is 6.87. The number of ether oxygens (including phenoxy) is 1. The van der Waals surface area contributed by atoms with E-state index in [-0.39, 0.29) is 41.4 Å². The van der Waals surface area contributed by atoms with Crippen LogP contribution >= 0.6 is 22.9 Å². The molecule has 5 heterocycles. The van der Waals surface area contributed by atoms with Crippen LogP contribution in [0.4, 0.5) is 5.69 Å². The van der Waals surface area contributed by atoms with Crippen LogP contribution in [0.15, 0.2) is 24.5 Å². The number of likely N-dealkylation sites (tertiary alicyclic amines) is 1. The molecule has 0 radical (unpaired) electrons. The Hall–Kier alpha value is -3.61. The fourth-order valence-corrected chi connectivity index (χ4v) is 5.59. The number of aliphatic hydroxyl groups is 1. The van der Waals surface area contributed by atoms with Crippen molar-refractivity contribution in [3.63, 3.8) is 0 Å². The van der Waals surface area contributed by atoms with Crippen LogP contribution < -0.4 is 15.4 Å². The molecular weight excluding hydrogens is 506 g/mol. The molecule has 1 unspecified atom stereocenters. The lowest BCUT2D eigenvalue weighted by molar-refractivity contribution is -0.134. The summed E-state index contributed by atoms with van der Waals surface area (Å²) in [5.41, 5.74) is 2.50. The van der Waals surface area contributed by atoms with E-state index in [2.05, 4.69) is 30.6 Å². The number of nitrogens with one attached hydrogen (secondary N) is 2. The van der Waals surface area contributed by atoms with Gasteiger partial charge in [-0.2, -0.15) is 4.98 Å². The molecule has 2 aliphatic rings. The van der Waals surface area contributed by atoms with Crippen LogP contribution in [0.3, 0.4) is 0 Å². The maximum atomic E-state index is 12.6. The summed E-state index contributed by atoms with van der Waals surface area (Å²) in [6, 6.07) is 3.73. The van der Waals surface area contributed by atoms with Gasteiger partial charge in [-0.05, 0) is 37.1 Å². The fraction of sp³-hybridized carbons (Fsp3) is 0.304. The van der Waals surface area contributed by atoms with Crippen molar-refractivity contribution in [3.8, 4) is 11.8 Å². The molecule has 11 nitrogen and oxygen atoms in total. The summed E-state index contributed by atoms with van der Waals surface area (Å²) >= 11 is 7.41. The second-order valence-corrected chi connectivity index (χ2v) is 10.1. The first kappa shape index (κ1) is 22.8. The molecular formula is C23H20ClN7O4S. The predicted molar refractivity (Wildman–Crippen MR) is 133 cm³/mol. The van der Waals surface area contributed by atoms with E-state index in [4.69, 9.17) is 16.3 Å². The van der Waals surface area contributed by atoms with Gasteiger partial charge in [-0.15, -0.1) is 11.3 Å². The van der Waals surface area contributed by atoms with Crippen molar-refractivity contribution in [2.75, 3.05) is 18.4 Å². The molecule has 0 bridgehead atoms. The number of fused-ring (bicyclic) bond motifs is 5. The summed E-state index contributed by atoms with van der Waals surface area (Å²) in [7, 11) is 0. The van der Waals surface area contributed by atoms with Crippen LogP contribution in [0.2, 0.25) is 5.28 Å². The van der Waals surface area contributed by atoms with Gasteiger partial charge in [0.15, 0.2) is 0 Å². The first-order valence-electron chi connectivity index (χ1n) is 11.3. The number of thiophene rings is 1. The summed E-state index contributed by atoms with van der Waals surface area (Å²) in [5, 5.41) is 16.9. The number of rotatable bonds is 4. The Kier molecular flexibility index (Phi) is 5.58. The standard InChI is InChI=1S/C23H20ClN7O4S/c1-10-6-25-18-16-14(36-19(18)20(33)28-10)3-2-12-17(16)26-8-15(29-12)35-21-11(7-27-23(24)30-21)9-31-5-4-13(32)22(31)34/h2-3,7-8,10,13,25,32H,4-6,9H2,1H3,(H,28,33)/t10-,13?/m1/s1. The average molecular weight is 526 g/mol. The van der Waals surface area contributed by atoms with Crippen LogP contribution in [0, 0.1) is 0 Å². The second-order valence-electron chi connectivity index (χ2n) is 8.71. The lowest BCUT2D eigenvalue weighted by Crippen LogP contribution is -2.34. The SMILES string of the molecule is C[C@@H]1CNc2c(sc3ccc4nc(Oc5nc(Cl)ncc5CN5CCC(O)C5=O)cnc4c23)C(=O)N1. The third-order valence-corrected chi connectivity index (χ3v) is 7.47. The Morgan fingerprint density at radius 1 is 1.25 bits per heavy atom. The Bertz CT molecular complexity index is 1540. The number of aliphatic hydroxyl groups excluding tert-OH is 1. The van der Waals surface area contributed by atoms with E-state index in [1.807, 2.05) is 19.1 Å². The summed E-state index contributed by atoms with van der Waals surface area (Å²) in [5.74, 6) is -0.124. The van der Waals surface area contributed by atoms with Gasteiger partial charge in [-0.1, -0.05) is 0 Å². The zero-order valence-corrected chi connectivity index (χ0v) is 20.6. The normalized spacial score (nSPS) is 19.8. The van der Waals surface area contributed by atoms with Crippen LogP contribution in [-0.4, -0.2) is 67.0 Å². The highest BCUT2D eigenvalue weighted by Gasteiger charge is 2.31. The molecule has 3 N–H and O–H groups in total. The highest BCUT2D eigenvalue weighted by Crippen LogP contribution is 2.40. The molecule has 2 aliphatic heterocycles. The zero-order chi connectivity index (χ0) is 25.0. The molecule has 0 spiro atoms. The van der Waals surface area contributed by atoms with Gasteiger partial charge >= 0.3 is 0 Å². The van der Waals surface area contributed by atoms with Crippen LogP contribution in [0.25, 0.3) is 21.1 Å². The molecule has 1 fully saturated rings. The quantitative estimate of drug-likeness (QED) is 0.343. The van der Waals surface area contributed by atoms with Crippen LogP contribution in [0.1, 0.15) is 28.6 Å². The number of halogens is 1. The molecule has 2 atom stereocenters. The number of anilines is 1. The molecule has 36 heavy (non-hydrogen) atoms. The maximum Gasteiger partial charge on any atom is 0.263 e. The summed E-state index contributed by atoms with van der Waals surface area (Å²) in [6.07, 6.45) is 2.34. The third-order valence-electron chi connectivity index (χ3n) is 6.14. The molecule has 4 aromatic rings. The molecule has 1 aromatic carbocycles. The Balaban J connectivity index is 1.35. The number of carbonyl (C=O) groups is 2. The van der Waals surface area contributed by atoms with E-state index in [1.165, 1.54) is 28.6 Å². The van der Waals surface area contributed by atoms with Crippen molar-refractivity contribution >= 4 is 61.6 Å². The fourth-order valence-electron chi connectivity index (χ4n) is 4.38. The number of aromatic nitrogens is 4. The van der Waals surface area contributed by atoms with Gasteiger partial charge in [0.1, 0.15) is 11.0 Å². The van der Waals surface area contributed by atoms with Crippen molar-refractivity contribution < 1.29 is 19.4 Å². The maximum absolute atomic E-state index is 12.6. The van der Waals surface area contributed by atoms with E-state index >= 15 is 0 Å². The van der Waals surface area contributed by atoms with Gasteiger partial charge in [0, 0.05) is 35.4 Å². The van der Waals surface area contributed by atoms with Gasteiger partial charge in [0.2, 0.25) is 17.0 Å². The van der Waals surface area contributed by atoms with Crippen molar-refractivity contribution in [1.82, 2.24) is 30.2 Å². The molecule has 3 aromatic heterocycles. The highest BCUT2D eigenvalue weighted by molar-refractivity contribution is 7.21. The minimum absolute atomic E-state index is 0.00112. The Morgan fingerprint density at radius 2 is 2.11 bits per heavy atom. The number of benzene rings is 1. The highest BCUT2D eigenvalue weighted by atomic mass is 35.5. The average Bonchev–Trinajstić information content (AvgIpc) is 3.35. The monoisotopic (exact) mass is 525 g/mol. The van der Waals surface area contributed by atoms with Gasteiger partial charge in [0.05, 0.1) is 35.0 Å². The van der Waals surface area contributed by atoms with Gasteiger partial charge in [0.25, 0.3) is 11.8 Å². The lowest BCUT2D eigenvalue weighted by Gasteiger charge is -2.17. The van der Waals surface area contributed by atoms with E-state index in [0.717, 1.165) is 15.8 Å². The van der Waals surface area contributed by atoms with Crippen molar-refractivity contribution in [2.24, 2.45) is 0 Å². The van der Waals surface area contributed by atoms with Gasteiger partial charge in [-0.25, -0.2) is 15.0 Å². The largest absolute Gasteiger partial charge is 0.418 e. The van der Waals surface area contributed by atoms with E-state index in [0.29, 0.717) is 41.0 Å². The molecule has 0 saturated carbocycles. The number of hydrogen-bond donors (Lipinski definition) is 3. The lowest BCUT2D eigenvalue weighted by atomic mass is 10.1. The Morgan fingerprint density at radius 3 is 2.92 bits per heavy atom. The molecule has 0 aliphatic carbocycles. The van der Waals surface area contributed by atoms with Crippen LogP contribution in [-0.2, 0) is 11.3 Å². The number of nitrogens with zero attached hydrogens (tertiary/aromatic N) is 5. The predicted octanol–water partition coefficient (Wildman–Crippen LogP) is 2.72. The van der Waals surface area contributed by atoms with Crippen LogP contribution in [0.5, 0.6) is 11.8 Å². The van der Waals surface area contributed by atoms with Crippen molar-refractivity contribution in [1.29, 1.82) is 0 Å². The zero-order valence-electron chi connectivity index (χ0n) is 19.0. The minimum Gasteiger partial charge on any atom is -0.418 e. The summed E-state index contributed by atoms with van der Waals surface area (Å²) in [4.78, 5) is 44.3. The molecule has 184 valence electrons. The molecule has 2 amide bonds. The van der Waals surface area contributed by atoms with Crippen molar-refractivity contribution in [2.45, 2.75) is 32.0 Å². The minimum atomic E-state index is -0.998. The molecule has 1 saturated heterocycles. The van der Waals surface area contributed by atoms with E-state index < -0.39 is 6.10 Å². The first-order chi connectivity index (χ1) is 17.4. The number of hydrogen-bond acceptors (Lipinski definition) is 10. The smallest absolute Gasteiger partial charge is 0.263 e. The number of carbonyl (C=O) groups excluding carboxylic acids is 2.